The van der Waals surface area contributed by atoms with Crippen LogP contribution in [-0.4, -0.2) is 57.9 Å². The number of hydrogen-bond acceptors (Lipinski definition) is 6. The zero-order valence-corrected chi connectivity index (χ0v) is 25.1. The topological polar surface area (TPSA) is 84.8 Å². The first-order chi connectivity index (χ1) is 21.9. The number of benzene rings is 2. The summed E-state index contributed by atoms with van der Waals surface area (Å²) in [5, 5.41) is 11.0. The van der Waals surface area contributed by atoms with Crippen LogP contribution in [0.5, 0.6) is 0 Å². The van der Waals surface area contributed by atoms with E-state index in [9.17, 15) is 9.90 Å². The quantitative estimate of drug-likeness (QED) is 0.294. The van der Waals surface area contributed by atoms with Crippen LogP contribution in [0.3, 0.4) is 0 Å². The molecule has 6 rings (SSSR count). The van der Waals surface area contributed by atoms with Crippen molar-refractivity contribution in [2.75, 3.05) is 26.3 Å². The fourth-order valence-corrected chi connectivity index (χ4v) is 6.13. The number of rotatable bonds is 9. The van der Waals surface area contributed by atoms with Gasteiger partial charge in [0, 0.05) is 59.9 Å². The Morgan fingerprint density at radius 1 is 1.09 bits per heavy atom. The second-order valence-electron chi connectivity index (χ2n) is 11.8. The molecule has 0 bridgehead atoms. The lowest BCUT2D eigenvalue weighted by Crippen LogP contribution is -2.48. The maximum absolute atomic E-state index is 17.0. The van der Waals surface area contributed by atoms with Gasteiger partial charge in [0.1, 0.15) is 17.3 Å². The summed E-state index contributed by atoms with van der Waals surface area (Å²) in [5.41, 5.74) is -7.76. The Morgan fingerprint density at radius 3 is 2.35 bits per heavy atom. The highest BCUT2D eigenvalue weighted by Gasteiger charge is 2.57. The van der Waals surface area contributed by atoms with Crippen molar-refractivity contribution in [2.24, 2.45) is 5.41 Å². The fraction of sp³-hybridized carbons (Fsp3) is 0.469. The van der Waals surface area contributed by atoms with Gasteiger partial charge in [-0.2, -0.15) is 0 Å². The lowest BCUT2D eigenvalue weighted by Gasteiger charge is -2.43. The molecule has 3 aromatic rings. The summed E-state index contributed by atoms with van der Waals surface area (Å²) in [6, 6.07) is 8.35. The van der Waals surface area contributed by atoms with Crippen LogP contribution in [-0.2, 0) is 27.2 Å². The van der Waals surface area contributed by atoms with Crippen LogP contribution in [0.1, 0.15) is 77.9 Å². The highest BCUT2D eigenvalue weighted by molar-refractivity contribution is 6.30. The average molecular weight is 637 g/mol. The summed E-state index contributed by atoms with van der Waals surface area (Å²) in [6.07, 6.45) is 2.57. The number of amides is 1. The van der Waals surface area contributed by atoms with Crippen molar-refractivity contribution in [3.05, 3.63) is 92.7 Å². The molecule has 228 valence electrons. The zero-order valence-electron chi connectivity index (χ0n) is 27.6. The predicted molar refractivity (Wildman–Crippen MR) is 157 cm³/mol. The molecule has 1 aromatic heterocycles. The van der Waals surface area contributed by atoms with Crippen LogP contribution in [0.15, 0.2) is 48.8 Å². The largest absolute Gasteiger partial charge is 0.396 e. The van der Waals surface area contributed by atoms with Gasteiger partial charge in [0.15, 0.2) is 5.72 Å². The summed E-state index contributed by atoms with van der Waals surface area (Å²) >= 11 is 12.2. The summed E-state index contributed by atoms with van der Waals surface area (Å²) in [6.45, 7) is -2.78. The van der Waals surface area contributed by atoms with Crippen LogP contribution < -0.4 is 0 Å². The molecule has 43 heavy (non-hydrogen) atoms. The van der Waals surface area contributed by atoms with E-state index in [0.29, 0.717) is 0 Å². The Morgan fingerprint density at radius 2 is 1.74 bits per heavy atom. The Balaban J connectivity index is 1.61. The number of carbonyl (C=O) groups is 1. The molecule has 0 radical (unpaired) electrons. The van der Waals surface area contributed by atoms with Gasteiger partial charge in [-0.1, -0.05) is 49.2 Å². The number of aliphatic hydroxyl groups is 1. The first kappa shape index (κ1) is 25.6. The highest BCUT2D eigenvalue weighted by atomic mass is 35.5. The molecule has 1 amide bonds. The third-order valence-electron chi connectivity index (χ3n) is 8.98. The summed E-state index contributed by atoms with van der Waals surface area (Å²) in [4.78, 5) is 24.0. The average Bonchev–Trinajstić information content (AvgIpc) is 3.80. The van der Waals surface area contributed by atoms with Gasteiger partial charge < -0.3 is 14.6 Å². The molecule has 2 aromatic carbocycles. The minimum Gasteiger partial charge on any atom is -0.396 e. The van der Waals surface area contributed by atoms with Gasteiger partial charge in [-0.05, 0) is 42.7 Å². The number of nitrogens with zero attached hydrogens (tertiary/aromatic N) is 3. The summed E-state index contributed by atoms with van der Waals surface area (Å²) in [5.74, 6) is -1.71. The maximum atomic E-state index is 17.0. The van der Waals surface area contributed by atoms with Crippen molar-refractivity contribution < 1.29 is 33.6 Å². The Kier molecular flexibility index (Phi) is 6.57. The third-order valence-corrected chi connectivity index (χ3v) is 9.43. The van der Waals surface area contributed by atoms with Gasteiger partial charge in [-0.3, -0.25) is 9.69 Å². The first-order valence-corrected chi connectivity index (χ1v) is 14.7. The molecular formula is C32H33Cl2F2N3O4. The number of carbonyl (C=O) groups excluding carboxylic acids is 1. The standard InChI is InChI=1S/C32H33Cl2F2N3O4/c1-29(2,31(36)9-11-42-12-10-31)21-13-24-27(25(35)14-21)32(20-3-5-22(33)6-4-20,43-19-30(18-40)7-8-30)39(28(24)41)17-26-37-15-23(34)16-38-26/h3-6,13-16,40H,7-12,17-19H2,1-2H3/t32-/m1/s1/i18D2,19D2. The minimum absolute atomic E-state index is 0.0579. The molecular weight excluding hydrogens is 599 g/mol. The second-order valence-corrected chi connectivity index (χ2v) is 12.7. The summed E-state index contributed by atoms with van der Waals surface area (Å²) < 4.78 is 79.3. The Hall–Kier alpha value is -2.69. The minimum atomic E-state index is -3.03. The molecule has 1 saturated carbocycles. The number of aromatic nitrogens is 2. The molecule has 1 N–H and O–H groups in total. The van der Waals surface area contributed by atoms with Crippen LogP contribution in [0.2, 0.25) is 10.0 Å². The molecule has 0 spiro atoms. The molecule has 1 aliphatic carbocycles. The van der Waals surface area contributed by atoms with Crippen LogP contribution in [0, 0.1) is 11.2 Å². The monoisotopic (exact) mass is 635 g/mol. The van der Waals surface area contributed by atoms with E-state index in [4.69, 9.17) is 38.2 Å². The van der Waals surface area contributed by atoms with Gasteiger partial charge in [0.05, 0.1) is 41.3 Å². The lowest BCUT2D eigenvalue weighted by atomic mass is 9.67. The van der Waals surface area contributed by atoms with Gasteiger partial charge >= 0.3 is 0 Å². The van der Waals surface area contributed by atoms with E-state index < -0.39 is 53.6 Å². The second kappa shape index (κ2) is 11.0. The van der Waals surface area contributed by atoms with Crippen molar-refractivity contribution in [1.29, 1.82) is 0 Å². The lowest BCUT2D eigenvalue weighted by molar-refractivity contribution is -0.131. The molecule has 1 saturated heterocycles. The molecule has 3 heterocycles. The van der Waals surface area contributed by atoms with Crippen LogP contribution in [0.4, 0.5) is 8.78 Å². The molecule has 0 unspecified atom stereocenters. The SMILES string of the molecule is [2H]C([2H])(O)C1(C([2H])([2H])O[C@]2(c3ccc(Cl)cc3)c3c(F)cc(C(C)(C)C4(F)CCOCC4)cc3C(=O)N2Cc2ncc(Cl)cn2)CC1. The molecule has 3 aliphatic rings. The van der Waals surface area contributed by atoms with Crippen molar-refractivity contribution >= 4 is 29.1 Å². The maximum Gasteiger partial charge on any atom is 0.257 e. The predicted octanol–water partition coefficient (Wildman–Crippen LogP) is 6.37. The van der Waals surface area contributed by atoms with Crippen molar-refractivity contribution in [3.8, 4) is 0 Å². The number of fused-ring (bicyclic) bond motifs is 1. The highest BCUT2D eigenvalue weighted by Crippen LogP contribution is 2.53. The smallest absolute Gasteiger partial charge is 0.257 e. The number of hydrogen-bond donors (Lipinski definition) is 1. The number of ether oxygens (including phenoxy) is 2. The Labute approximate surface area is 264 Å². The van der Waals surface area contributed by atoms with E-state index in [-0.39, 0.29) is 77.0 Å². The summed E-state index contributed by atoms with van der Waals surface area (Å²) in [7, 11) is 0. The molecule has 11 heteroatoms. The number of halogens is 4. The molecule has 7 nitrogen and oxygen atoms in total. The van der Waals surface area contributed by atoms with Crippen molar-refractivity contribution in [2.45, 2.75) is 62.9 Å². The van der Waals surface area contributed by atoms with E-state index in [1.807, 2.05) is 0 Å². The van der Waals surface area contributed by atoms with Gasteiger partial charge in [-0.25, -0.2) is 18.7 Å². The van der Waals surface area contributed by atoms with Crippen LogP contribution >= 0.6 is 23.2 Å². The molecule has 1 atom stereocenters. The van der Waals surface area contributed by atoms with Gasteiger partial charge in [0.25, 0.3) is 5.91 Å². The van der Waals surface area contributed by atoms with Gasteiger partial charge in [0.2, 0.25) is 0 Å². The van der Waals surface area contributed by atoms with E-state index in [2.05, 4.69) is 9.97 Å². The van der Waals surface area contributed by atoms with E-state index in [0.717, 1.165) is 11.0 Å². The fourth-order valence-electron chi connectivity index (χ4n) is 5.90. The van der Waals surface area contributed by atoms with E-state index >= 15 is 8.78 Å². The van der Waals surface area contributed by atoms with Crippen LogP contribution in [0.25, 0.3) is 0 Å². The van der Waals surface area contributed by atoms with Crippen molar-refractivity contribution in [3.63, 3.8) is 0 Å². The number of alkyl halides is 1. The normalized spacial score (nSPS) is 24.5. The van der Waals surface area contributed by atoms with E-state index in [1.54, 1.807) is 13.8 Å². The third kappa shape index (κ3) is 5.13. The van der Waals surface area contributed by atoms with E-state index in [1.165, 1.54) is 42.7 Å². The Bertz CT molecular complexity index is 1700. The zero-order chi connectivity index (χ0) is 34.2. The molecule has 2 aliphatic heterocycles. The molecule has 2 fully saturated rings. The first-order valence-electron chi connectivity index (χ1n) is 16.0. The van der Waals surface area contributed by atoms with Gasteiger partial charge in [-0.15, -0.1) is 0 Å². The van der Waals surface area contributed by atoms with Crippen molar-refractivity contribution in [1.82, 2.24) is 14.9 Å².